The van der Waals surface area contributed by atoms with Crippen molar-refractivity contribution in [2.75, 3.05) is 0 Å². The number of esters is 1. The second-order valence-corrected chi connectivity index (χ2v) is 7.46. The van der Waals surface area contributed by atoms with Gasteiger partial charge in [-0.05, 0) is 36.5 Å². The van der Waals surface area contributed by atoms with E-state index in [0.717, 1.165) is 19.1 Å². The van der Waals surface area contributed by atoms with E-state index in [4.69, 9.17) is 4.74 Å². The summed E-state index contributed by atoms with van der Waals surface area (Å²) in [6.45, 7) is 4.41. The summed E-state index contributed by atoms with van der Waals surface area (Å²) in [6, 6.07) is 0. The lowest BCUT2D eigenvalue weighted by Gasteiger charge is -2.30. The number of fused-ring (bicyclic) bond motifs is 1. The molecule has 1 aliphatic heterocycles. The van der Waals surface area contributed by atoms with E-state index in [9.17, 15) is 14.7 Å². The highest BCUT2D eigenvalue weighted by Gasteiger charge is 2.87. The van der Waals surface area contributed by atoms with E-state index in [1.807, 2.05) is 6.08 Å². The Kier molecular flexibility index (Phi) is 1.81. The summed E-state index contributed by atoms with van der Waals surface area (Å²) >= 11 is 0. The predicted molar refractivity (Wildman–Crippen MR) is 65.7 cm³/mol. The van der Waals surface area contributed by atoms with E-state index in [0.29, 0.717) is 12.0 Å². The lowest BCUT2D eigenvalue weighted by atomic mass is 9.69. The number of aliphatic hydroxyl groups is 1. The fourth-order valence-electron chi connectivity index (χ4n) is 5.23. The molecule has 1 heterocycles. The maximum Gasteiger partial charge on any atom is 0.315 e. The Morgan fingerprint density at radius 2 is 2.11 bits per heavy atom. The third kappa shape index (κ3) is 1.04. The van der Waals surface area contributed by atoms with Gasteiger partial charge in [-0.25, -0.2) is 0 Å². The van der Waals surface area contributed by atoms with Crippen LogP contribution in [0.4, 0.5) is 0 Å². The number of hydrogen-bond donors (Lipinski definition) is 1. The topological polar surface area (TPSA) is 63.6 Å². The summed E-state index contributed by atoms with van der Waals surface area (Å²) in [6.07, 6.45) is 4.22. The number of aliphatic hydroxyl groups excluding tert-OH is 1. The van der Waals surface area contributed by atoms with Gasteiger partial charge in [0, 0.05) is 5.57 Å². The summed E-state index contributed by atoms with van der Waals surface area (Å²) < 4.78 is 5.08. The molecule has 0 aromatic carbocycles. The number of hydrogen-bond acceptors (Lipinski definition) is 4. The fraction of sp³-hybridized carbons (Fsp3) is 0.733. The standard InChI is InChI=1S/C15H18O4/c1-13(2)4-8-3-9(6-16)14-7-15(14,10(8)5-13)12(18)19-11(14)17/h3,6,8,10-11,17H,4-5,7H2,1-2H3/t8-,10+,11?,14+,15-/m1/s1. The molecule has 5 atom stereocenters. The first-order valence-corrected chi connectivity index (χ1v) is 6.94. The van der Waals surface area contributed by atoms with Gasteiger partial charge in [0.15, 0.2) is 0 Å². The molecule has 0 aromatic rings. The number of cyclic esters (lactones) is 1. The van der Waals surface area contributed by atoms with Crippen LogP contribution in [0.5, 0.6) is 0 Å². The van der Waals surface area contributed by atoms with Gasteiger partial charge in [0.05, 0.1) is 10.8 Å². The number of ether oxygens (including phenoxy) is 1. The molecular weight excluding hydrogens is 244 g/mol. The number of carbonyl (C=O) groups excluding carboxylic acids is 2. The van der Waals surface area contributed by atoms with Crippen molar-refractivity contribution < 1.29 is 19.4 Å². The second-order valence-electron chi connectivity index (χ2n) is 7.46. The zero-order valence-electron chi connectivity index (χ0n) is 11.2. The first-order chi connectivity index (χ1) is 8.87. The van der Waals surface area contributed by atoms with E-state index in [-0.39, 0.29) is 23.2 Å². The molecule has 4 aliphatic rings. The molecule has 1 N–H and O–H groups in total. The van der Waals surface area contributed by atoms with Crippen LogP contribution < -0.4 is 0 Å². The smallest absolute Gasteiger partial charge is 0.315 e. The average molecular weight is 262 g/mol. The van der Waals surface area contributed by atoms with E-state index >= 15 is 0 Å². The molecule has 4 rings (SSSR count). The maximum absolute atomic E-state index is 12.3. The number of rotatable bonds is 1. The van der Waals surface area contributed by atoms with Crippen molar-refractivity contribution in [2.45, 2.75) is 39.4 Å². The van der Waals surface area contributed by atoms with Crippen LogP contribution in [0.25, 0.3) is 0 Å². The van der Waals surface area contributed by atoms with Crippen LogP contribution in [0.1, 0.15) is 33.1 Å². The van der Waals surface area contributed by atoms with Crippen molar-refractivity contribution in [3.63, 3.8) is 0 Å². The summed E-state index contributed by atoms with van der Waals surface area (Å²) in [5.41, 5.74) is -0.575. The Hall–Kier alpha value is -1.16. The summed E-state index contributed by atoms with van der Waals surface area (Å²) in [7, 11) is 0. The van der Waals surface area contributed by atoms with Gasteiger partial charge in [-0.1, -0.05) is 19.9 Å². The van der Waals surface area contributed by atoms with Gasteiger partial charge >= 0.3 is 5.97 Å². The molecule has 0 radical (unpaired) electrons. The first kappa shape index (κ1) is 11.6. The largest absolute Gasteiger partial charge is 0.434 e. The number of aldehydes is 1. The average Bonchev–Trinajstić information content (AvgIpc) is 2.89. The minimum atomic E-state index is -1.14. The second kappa shape index (κ2) is 2.95. The van der Waals surface area contributed by atoms with E-state index < -0.39 is 17.1 Å². The van der Waals surface area contributed by atoms with Crippen molar-refractivity contribution in [3.05, 3.63) is 11.6 Å². The molecule has 19 heavy (non-hydrogen) atoms. The molecule has 4 heteroatoms. The number of carbonyl (C=O) groups is 2. The molecular formula is C15H18O4. The van der Waals surface area contributed by atoms with Crippen molar-refractivity contribution in [2.24, 2.45) is 28.1 Å². The summed E-state index contributed by atoms with van der Waals surface area (Å²) in [5.74, 6) is 0.194. The fourth-order valence-corrected chi connectivity index (χ4v) is 5.23. The van der Waals surface area contributed by atoms with Crippen LogP contribution >= 0.6 is 0 Å². The minimum absolute atomic E-state index is 0.182. The molecule has 1 saturated heterocycles. The Labute approximate surface area is 111 Å². The Balaban J connectivity index is 1.89. The van der Waals surface area contributed by atoms with Crippen molar-refractivity contribution in [3.8, 4) is 0 Å². The molecule has 3 fully saturated rings. The van der Waals surface area contributed by atoms with Gasteiger partial charge < -0.3 is 9.84 Å². The first-order valence-electron chi connectivity index (χ1n) is 6.94. The lowest BCUT2D eigenvalue weighted by Crippen LogP contribution is -2.35. The van der Waals surface area contributed by atoms with Crippen molar-refractivity contribution in [1.82, 2.24) is 0 Å². The molecule has 0 amide bonds. The Morgan fingerprint density at radius 1 is 1.37 bits per heavy atom. The van der Waals surface area contributed by atoms with Crippen LogP contribution in [-0.4, -0.2) is 23.7 Å². The highest BCUT2D eigenvalue weighted by atomic mass is 16.6. The van der Waals surface area contributed by atoms with Crippen molar-refractivity contribution >= 4 is 12.3 Å². The summed E-state index contributed by atoms with van der Waals surface area (Å²) in [5, 5.41) is 10.1. The third-order valence-electron chi connectivity index (χ3n) is 5.98. The summed E-state index contributed by atoms with van der Waals surface area (Å²) in [4.78, 5) is 23.7. The van der Waals surface area contributed by atoms with Crippen LogP contribution in [-0.2, 0) is 14.3 Å². The third-order valence-corrected chi connectivity index (χ3v) is 5.98. The number of allylic oxidation sites excluding steroid dienone is 1. The van der Waals surface area contributed by atoms with Gasteiger partial charge in [-0.2, -0.15) is 0 Å². The minimum Gasteiger partial charge on any atom is -0.434 e. The quantitative estimate of drug-likeness (QED) is 0.573. The monoisotopic (exact) mass is 262 g/mol. The molecule has 3 aliphatic carbocycles. The molecule has 0 aromatic heterocycles. The Morgan fingerprint density at radius 3 is 2.79 bits per heavy atom. The zero-order valence-corrected chi connectivity index (χ0v) is 11.2. The van der Waals surface area contributed by atoms with Crippen LogP contribution in [0, 0.1) is 28.1 Å². The van der Waals surface area contributed by atoms with E-state index in [1.165, 1.54) is 0 Å². The highest BCUT2D eigenvalue weighted by molar-refractivity contribution is 5.93. The van der Waals surface area contributed by atoms with Crippen LogP contribution in [0.15, 0.2) is 11.6 Å². The van der Waals surface area contributed by atoms with Gasteiger partial charge in [-0.15, -0.1) is 0 Å². The van der Waals surface area contributed by atoms with Gasteiger partial charge in [0.1, 0.15) is 6.29 Å². The molecule has 1 unspecified atom stereocenters. The molecule has 102 valence electrons. The van der Waals surface area contributed by atoms with E-state index in [1.54, 1.807) is 0 Å². The Bertz CT molecular complexity index is 534. The molecule has 2 saturated carbocycles. The van der Waals surface area contributed by atoms with E-state index in [2.05, 4.69) is 13.8 Å². The normalized spacial score (nSPS) is 52.7. The molecule has 4 nitrogen and oxygen atoms in total. The maximum atomic E-state index is 12.3. The lowest BCUT2D eigenvalue weighted by molar-refractivity contribution is -0.165. The molecule has 0 spiro atoms. The highest BCUT2D eigenvalue weighted by Crippen LogP contribution is 2.82. The van der Waals surface area contributed by atoms with Crippen LogP contribution in [0.2, 0.25) is 0 Å². The van der Waals surface area contributed by atoms with Gasteiger partial charge in [0.2, 0.25) is 6.29 Å². The van der Waals surface area contributed by atoms with Gasteiger partial charge in [0.25, 0.3) is 0 Å². The molecule has 0 bridgehead atoms. The SMILES string of the molecule is CC1(C)C[C@H]2C=C(C=O)[C@]34C[C@]3(C(=O)OC4O)[C@H]2C1. The predicted octanol–water partition coefficient (Wildman–Crippen LogP) is 1.43. The van der Waals surface area contributed by atoms with Gasteiger partial charge in [-0.3, -0.25) is 9.59 Å². The van der Waals surface area contributed by atoms with Crippen molar-refractivity contribution in [1.29, 1.82) is 0 Å². The van der Waals surface area contributed by atoms with Crippen LogP contribution in [0.3, 0.4) is 0 Å². The zero-order chi connectivity index (χ0) is 13.6.